The third kappa shape index (κ3) is 24.5. The summed E-state index contributed by atoms with van der Waals surface area (Å²) in [5, 5.41) is 224. The highest BCUT2D eigenvalue weighted by Crippen LogP contribution is 2.70. The third-order valence-corrected chi connectivity index (χ3v) is 31.2. The van der Waals surface area contributed by atoms with E-state index < -0.39 is 258 Å². The number of fused-ring (bicyclic) bond motifs is 12. The molecule has 0 radical (unpaired) electrons. The average Bonchev–Trinajstić information content (AvgIpc) is 1.51. The number of benzene rings is 2. The van der Waals surface area contributed by atoms with Crippen molar-refractivity contribution >= 4 is 40.9 Å². The number of likely N-dealkylation sites (tertiary alicyclic amines) is 1. The lowest BCUT2D eigenvalue weighted by Gasteiger charge is -2.59. The SMILES string of the molecule is CCCC1O[C@@H]2C[C@H]3[C@@H]4CCC5=CC(=O)C=C[C@]5(C)[C@H]4[C@@H](O)C[C@]3(C)[C@]2(C(=O)COC2CCCN2C(=O)CNC(=O)CCOCCOCCOCCOCCOCCNC(=O)CCC(=O)N2Cc3ccccc3-c3c(nnn3CC3CC(O)C(O)C(OC4C(CO)OC(OC5C(CO)OC(OC6C(CO)OC(OC7C(CO)OC(OC8C(CO)OC(O)C(O)C8O)C(O)C7O)C(O)C6O)C(O)C5O)C(O)C4O)O3)-c3ccccc32)O1. The second-order valence-electron chi connectivity index (χ2n) is 40.6. The van der Waals surface area contributed by atoms with Gasteiger partial charge < -0.3 is 207 Å². The van der Waals surface area contributed by atoms with Crippen LogP contribution in [0.5, 0.6) is 0 Å². The zero-order valence-electron chi connectivity index (χ0n) is 83.4. The van der Waals surface area contributed by atoms with Gasteiger partial charge in [0.15, 0.2) is 61.2 Å². The number of rotatable bonds is 46. The molecule has 0 spiro atoms. The first-order valence-electron chi connectivity index (χ1n) is 51.5. The van der Waals surface area contributed by atoms with Gasteiger partial charge in [0.25, 0.3) is 0 Å². The molecule has 4 aliphatic carbocycles. The maximum atomic E-state index is 14.9. The van der Waals surface area contributed by atoms with E-state index in [4.69, 9.17) is 90.0 Å². The Kier molecular flexibility index (Phi) is 39.5. The van der Waals surface area contributed by atoms with Crippen molar-refractivity contribution in [3.63, 3.8) is 0 Å². The molecule has 13 aliphatic rings. The fourth-order valence-electron chi connectivity index (χ4n) is 23.5. The Morgan fingerprint density at radius 3 is 1.59 bits per heavy atom. The Bertz CT molecular complexity index is 5030. The van der Waals surface area contributed by atoms with Crippen molar-refractivity contribution in [1.29, 1.82) is 0 Å². The number of ether oxygens (including phenoxy) is 19. The van der Waals surface area contributed by atoms with E-state index in [0.29, 0.717) is 72.4 Å². The van der Waals surface area contributed by atoms with Crippen LogP contribution in [0, 0.1) is 28.6 Å². The van der Waals surface area contributed by atoms with E-state index in [9.17, 15) is 126 Å². The molecule has 8 saturated heterocycles. The number of para-hydroxylation sites is 1. The monoisotopic (exact) mass is 2130 g/mol. The summed E-state index contributed by atoms with van der Waals surface area (Å²) in [6.45, 7) is 3.40. The van der Waals surface area contributed by atoms with Crippen molar-refractivity contribution in [2.75, 3.05) is 130 Å². The molecule has 1 aromatic heterocycles. The van der Waals surface area contributed by atoms with Crippen LogP contribution >= 0.6 is 0 Å². The number of aliphatic hydroxyl groups is 19. The van der Waals surface area contributed by atoms with E-state index in [1.165, 1.54) is 4.68 Å². The number of ketones is 2. The van der Waals surface area contributed by atoms with E-state index in [2.05, 4.69) is 34.8 Å². The first-order chi connectivity index (χ1) is 72.1. The molecule has 838 valence electrons. The first kappa shape index (κ1) is 115. The van der Waals surface area contributed by atoms with E-state index in [1.807, 2.05) is 19.1 Å². The quantitative estimate of drug-likeness (QED) is 0.0234. The topological polar surface area (TPSA) is 723 Å². The summed E-state index contributed by atoms with van der Waals surface area (Å²) >= 11 is 0. The standard InChI is InChI=1S/C99H143N7O44/c1-4-10-71-144-65-37-55-53-17-16-49-35-50(112)20-22-97(49,2)72(53)58(114)38-98(55,3)99(65,150-71)64(115)47-137-70-15-9-24-104(70)69(119)39-101-67(117)21-25-132-27-29-134-31-33-136-34-32-135-30-28-133-26-23-100-66(116)18-19-68(118)105-40-48-11-5-6-12-52(48)74-73(54-13-7-8-14-56(54)105)102-103-106(74)41-51-36-57(113)75(120)92(138-51)145-87-60(43-108)140-94(82(127)77(87)122)147-89-62(45-110)142-96(84(129)79(89)124)149-90-63(46-111)143-95(85(130)80(90)125)148-88-61(44-109)141-93(83(128)78(88)123)146-86-59(42-107)139-91(131)81(126)76(86)121/h5-8,11-14,20,22,35,51,53,55,57-63,65,70-72,75-96,107-111,113-114,120-131H,4,9-10,15-19,21,23-34,36-47H2,1-3H3,(H,100,116)(H,101,117)/t51?,53-,55-,57?,58-,59?,60?,61?,62?,63?,65+,70?,71?,72+,75?,76?,77?,78?,79?,80?,81?,82?,83?,84?,85?,86?,87?,88?,89?,90?,91?,92?,93?,94?,95?,96?,97-,98-,99+/m0/s1. The minimum absolute atomic E-state index is 0.00138. The number of nitrogens with one attached hydrogen (secondary N) is 2. The van der Waals surface area contributed by atoms with Gasteiger partial charge in [-0.15, -0.1) is 5.10 Å². The molecule has 51 nitrogen and oxygen atoms in total. The second kappa shape index (κ2) is 51.4. The number of Topliss-reactive ketones (excluding diaryl/α,β-unsaturated/α-hetero) is 1. The predicted octanol–water partition coefficient (Wildman–Crippen LogP) is -7.40. The Morgan fingerprint density at radius 1 is 0.527 bits per heavy atom. The molecule has 11 fully saturated rings. The molecule has 4 amide bonds. The molecule has 16 rings (SSSR count). The van der Waals surface area contributed by atoms with E-state index in [1.54, 1.807) is 64.4 Å². The smallest absolute Gasteiger partial charge is 0.243 e. The van der Waals surface area contributed by atoms with Crippen molar-refractivity contribution in [3.8, 4) is 22.5 Å². The van der Waals surface area contributed by atoms with Crippen molar-refractivity contribution in [1.82, 2.24) is 30.5 Å². The maximum Gasteiger partial charge on any atom is 0.243 e. The minimum atomic E-state index is -2.23. The lowest BCUT2D eigenvalue weighted by atomic mass is 9.46. The average molecular weight is 2140 g/mol. The molecule has 9 aliphatic heterocycles. The Labute approximate surface area is 862 Å². The van der Waals surface area contributed by atoms with Gasteiger partial charge in [-0.2, -0.15) is 0 Å². The first-order valence-corrected chi connectivity index (χ1v) is 51.5. The normalized spacial score (nSPS) is 39.2. The van der Waals surface area contributed by atoms with Crippen molar-refractivity contribution < 1.29 is 216 Å². The number of carbonyl (C=O) groups is 6. The number of hydrogen-bond acceptors (Lipinski definition) is 46. The number of amides is 4. The van der Waals surface area contributed by atoms with Gasteiger partial charge in [0.2, 0.25) is 23.6 Å². The van der Waals surface area contributed by atoms with Crippen LogP contribution in [-0.2, 0) is 132 Å². The molecular weight excluding hydrogens is 1990 g/mol. The molecule has 3 saturated carbocycles. The molecule has 150 heavy (non-hydrogen) atoms. The van der Waals surface area contributed by atoms with Crippen LogP contribution < -0.4 is 15.5 Å². The molecule has 39 atom stereocenters. The lowest BCUT2D eigenvalue weighted by molar-refractivity contribution is -0.395. The summed E-state index contributed by atoms with van der Waals surface area (Å²) in [6.07, 6.45) is -47.8. The summed E-state index contributed by atoms with van der Waals surface area (Å²) < 4.78 is 113. The van der Waals surface area contributed by atoms with E-state index >= 15 is 0 Å². The zero-order chi connectivity index (χ0) is 107. The highest BCUT2D eigenvalue weighted by Gasteiger charge is 2.76. The zero-order valence-corrected chi connectivity index (χ0v) is 83.4. The number of aromatic nitrogens is 3. The number of hydrogen-bond donors (Lipinski definition) is 21. The summed E-state index contributed by atoms with van der Waals surface area (Å²) in [6, 6.07) is 14.2. The van der Waals surface area contributed by atoms with Crippen LogP contribution in [-0.4, -0.2) is 486 Å². The second-order valence-corrected chi connectivity index (χ2v) is 40.6. The Hall–Kier alpha value is -7.24. The van der Waals surface area contributed by atoms with Crippen LogP contribution in [0.4, 0.5) is 5.69 Å². The van der Waals surface area contributed by atoms with Gasteiger partial charge in [-0.1, -0.05) is 86.5 Å². The van der Waals surface area contributed by atoms with Gasteiger partial charge in [-0.3, -0.25) is 28.8 Å². The Balaban J connectivity index is 0.417. The summed E-state index contributed by atoms with van der Waals surface area (Å²) in [5.74, 6) is -1.88. The van der Waals surface area contributed by atoms with Crippen LogP contribution in [0.2, 0.25) is 0 Å². The van der Waals surface area contributed by atoms with E-state index in [0.717, 1.165) is 24.8 Å². The van der Waals surface area contributed by atoms with Crippen molar-refractivity contribution in [2.24, 2.45) is 28.6 Å². The van der Waals surface area contributed by atoms with Crippen molar-refractivity contribution in [3.05, 3.63) is 77.9 Å². The maximum absolute atomic E-state index is 14.9. The molecular formula is C99H143N7O44. The van der Waals surface area contributed by atoms with E-state index in [-0.39, 0.29) is 172 Å². The van der Waals surface area contributed by atoms with Crippen LogP contribution in [0.25, 0.3) is 22.5 Å². The van der Waals surface area contributed by atoms with Gasteiger partial charge in [-0.05, 0) is 80.6 Å². The largest absolute Gasteiger partial charge is 0.394 e. The molecule has 2 aromatic carbocycles. The van der Waals surface area contributed by atoms with Gasteiger partial charge in [0, 0.05) is 66.6 Å². The molecule has 10 heterocycles. The summed E-state index contributed by atoms with van der Waals surface area (Å²) in [7, 11) is 0. The molecule has 31 unspecified atom stereocenters. The number of aliphatic hydroxyl groups excluding tert-OH is 19. The third-order valence-electron chi connectivity index (χ3n) is 31.2. The number of anilines is 1. The highest BCUT2D eigenvalue weighted by atomic mass is 16.8. The van der Waals surface area contributed by atoms with Crippen LogP contribution in [0.3, 0.4) is 0 Å². The highest BCUT2D eigenvalue weighted by molar-refractivity contribution is 6.02. The van der Waals surface area contributed by atoms with Crippen LogP contribution in [0.1, 0.15) is 103 Å². The number of carbonyl (C=O) groups excluding carboxylic acids is 6. The van der Waals surface area contributed by atoms with Gasteiger partial charge in [0.1, 0.15) is 147 Å². The van der Waals surface area contributed by atoms with Crippen molar-refractivity contribution in [2.45, 2.75) is 319 Å². The van der Waals surface area contributed by atoms with Gasteiger partial charge in [-0.25, -0.2) is 4.68 Å². The molecule has 0 bridgehead atoms. The fourth-order valence-corrected chi connectivity index (χ4v) is 23.5. The Morgan fingerprint density at radius 2 is 1.03 bits per heavy atom. The summed E-state index contributed by atoms with van der Waals surface area (Å²) in [5.41, 5.74) is 1.43. The lowest BCUT2D eigenvalue weighted by Crippen LogP contribution is -2.68. The minimum Gasteiger partial charge on any atom is -0.394 e. The predicted molar refractivity (Wildman–Crippen MR) is 503 cm³/mol. The molecule has 51 heteroatoms. The number of nitrogens with zero attached hydrogens (tertiary/aromatic N) is 5. The molecule has 21 N–H and O–H groups in total. The van der Waals surface area contributed by atoms with Gasteiger partial charge in [0.05, 0.1) is 155 Å². The van der Waals surface area contributed by atoms with Gasteiger partial charge >= 0.3 is 0 Å². The fraction of sp³-hybridized carbons (Fsp3) is 0.758. The van der Waals surface area contributed by atoms with Crippen LogP contribution in [0.15, 0.2) is 72.3 Å². The molecule has 3 aromatic rings. The number of allylic oxidation sites excluding steroid dienone is 4. The summed E-state index contributed by atoms with van der Waals surface area (Å²) in [4.78, 5) is 84.5.